The van der Waals surface area contributed by atoms with Gasteiger partial charge in [-0.05, 0) is 25.0 Å². The van der Waals surface area contributed by atoms with Crippen LogP contribution in [0.3, 0.4) is 0 Å². The van der Waals surface area contributed by atoms with Gasteiger partial charge in [-0.15, -0.1) is 0 Å². The quantitative estimate of drug-likeness (QED) is 0.715. The number of carbonyl (C=O) groups excluding carboxylic acids is 2. The van der Waals surface area contributed by atoms with E-state index in [1.54, 1.807) is 20.8 Å². The maximum Gasteiger partial charge on any atom is 0.335 e. The summed E-state index contributed by atoms with van der Waals surface area (Å²) in [6.07, 6.45) is 0. The van der Waals surface area contributed by atoms with E-state index in [0.29, 0.717) is 12.2 Å². The zero-order chi connectivity index (χ0) is 16.5. The van der Waals surface area contributed by atoms with E-state index in [1.165, 1.54) is 18.2 Å². The number of aromatic carboxylic acids is 1. The van der Waals surface area contributed by atoms with Crippen molar-refractivity contribution in [3.63, 3.8) is 0 Å². The summed E-state index contributed by atoms with van der Waals surface area (Å²) < 4.78 is 5.50. The van der Waals surface area contributed by atoms with E-state index in [-0.39, 0.29) is 17.2 Å². The summed E-state index contributed by atoms with van der Waals surface area (Å²) in [5.41, 5.74) is -0.785. The molecule has 7 heteroatoms. The van der Waals surface area contributed by atoms with Gasteiger partial charge in [0.1, 0.15) is 5.75 Å². The van der Waals surface area contributed by atoms with E-state index in [1.807, 2.05) is 0 Å². The van der Waals surface area contributed by atoms with Crippen molar-refractivity contribution in [2.24, 2.45) is 5.92 Å². The fourth-order valence-electron chi connectivity index (χ4n) is 2.63. The number of rotatable bonds is 5. The van der Waals surface area contributed by atoms with Crippen molar-refractivity contribution in [2.75, 3.05) is 6.61 Å². The average molecular weight is 306 g/mol. The minimum absolute atomic E-state index is 0.0517. The normalized spacial score (nSPS) is 20.7. The Labute approximate surface area is 127 Å². The third-order valence-electron chi connectivity index (χ3n) is 3.72. The molecule has 1 aromatic rings. The molecule has 1 aromatic carbocycles. The number of ether oxygens (including phenoxy) is 1. The lowest BCUT2D eigenvalue weighted by atomic mass is 9.79. The molecule has 1 saturated heterocycles. The molecule has 1 atom stereocenters. The molecule has 0 aliphatic carbocycles. The van der Waals surface area contributed by atoms with Gasteiger partial charge in [0.25, 0.3) is 5.91 Å². The number of carboxylic acids is 1. The van der Waals surface area contributed by atoms with Crippen molar-refractivity contribution >= 4 is 17.9 Å². The lowest BCUT2D eigenvalue weighted by Crippen LogP contribution is -2.48. The number of urea groups is 1. The Hall–Kier alpha value is -2.57. The van der Waals surface area contributed by atoms with Gasteiger partial charge >= 0.3 is 12.0 Å². The molecule has 3 amide bonds. The molecule has 7 nitrogen and oxygen atoms in total. The van der Waals surface area contributed by atoms with Crippen LogP contribution >= 0.6 is 0 Å². The van der Waals surface area contributed by atoms with E-state index in [4.69, 9.17) is 9.84 Å². The molecular formula is C15H18N2O5. The highest BCUT2D eigenvalue weighted by atomic mass is 16.5. The minimum Gasteiger partial charge on any atom is -0.493 e. The molecule has 0 radical (unpaired) electrons. The second-order valence-electron chi connectivity index (χ2n) is 5.32. The van der Waals surface area contributed by atoms with Crippen molar-refractivity contribution in [1.82, 2.24) is 10.6 Å². The molecule has 3 N–H and O–H groups in total. The number of hydrogen-bond donors (Lipinski definition) is 3. The lowest BCUT2D eigenvalue weighted by molar-refractivity contribution is -0.125. The van der Waals surface area contributed by atoms with E-state index in [9.17, 15) is 14.4 Å². The van der Waals surface area contributed by atoms with Gasteiger partial charge in [0.2, 0.25) is 0 Å². The summed E-state index contributed by atoms with van der Waals surface area (Å²) in [7, 11) is 0. The number of nitrogens with one attached hydrogen (secondary N) is 2. The highest BCUT2D eigenvalue weighted by molar-refractivity contribution is 6.08. The van der Waals surface area contributed by atoms with Gasteiger partial charge in [0.15, 0.2) is 5.54 Å². The van der Waals surface area contributed by atoms with Gasteiger partial charge in [0, 0.05) is 5.56 Å². The van der Waals surface area contributed by atoms with Crippen LogP contribution in [-0.2, 0) is 10.3 Å². The van der Waals surface area contributed by atoms with Gasteiger partial charge in [-0.3, -0.25) is 10.1 Å². The molecule has 0 bridgehead atoms. The lowest BCUT2D eigenvalue weighted by Gasteiger charge is -2.32. The Kier molecular flexibility index (Phi) is 4.07. The van der Waals surface area contributed by atoms with Crippen LogP contribution in [0.4, 0.5) is 4.79 Å². The van der Waals surface area contributed by atoms with Crippen LogP contribution in [0.2, 0.25) is 0 Å². The summed E-state index contributed by atoms with van der Waals surface area (Å²) in [5, 5.41) is 14.0. The zero-order valence-electron chi connectivity index (χ0n) is 12.6. The summed E-state index contributed by atoms with van der Waals surface area (Å²) in [6, 6.07) is 3.69. The summed E-state index contributed by atoms with van der Waals surface area (Å²) in [5.74, 6) is -1.55. The van der Waals surface area contributed by atoms with Crippen molar-refractivity contribution in [2.45, 2.75) is 26.3 Å². The molecule has 2 rings (SSSR count). The van der Waals surface area contributed by atoms with Crippen LogP contribution in [0.25, 0.3) is 0 Å². The van der Waals surface area contributed by atoms with Gasteiger partial charge in [-0.25, -0.2) is 9.59 Å². The molecule has 0 aromatic heterocycles. The maximum atomic E-state index is 12.4. The number of imide groups is 1. The van der Waals surface area contributed by atoms with Crippen LogP contribution in [-0.4, -0.2) is 29.6 Å². The molecule has 1 unspecified atom stereocenters. The first kappa shape index (κ1) is 15.8. The average Bonchev–Trinajstić information content (AvgIpc) is 2.74. The van der Waals surface area contributed by atoms with Crippen molar-refractivity contribution in [3.05, 3.63) is 29.3 Å². The fourth-order valence-corrected chi connectivity index (χ4v) is 2.63. The Morgan fingerprint density at radius 1 is 1.36 bits per heavy atom. The Balaban J connectivity index is 2.64. The number of amides is 3. The maximum absolute atomic E-state index is 12.4. The first-order valence-corrected chi connectivity index (χ1v) is 6.97. The van der Waals surface area contributed by atoms with Gasteiger partial charge in [-0.1, -0.05) is 19.9 Å². The molecule has 1 aliphatic heterocycles. The number of hydrogen-bond acceptors (Lipinski definition) is 4. The zero-order valence-corrected chi connectivity index (χ0v) is 12.6. The molecule has 0 saturated carbocycles. The third-order valence-corrected chi connectivity index (χ3v) is 3.72. The standard InChI is InChI=1S/C15H18N2O5/c1-4-22-11-7-9(12(18)19)5-6-10(11)15(8(2)3)13(20)16-14(21)17-15/h5-8H,4H2,1-3H3,(H,18,19)(H2,16,17,20,21). The summed E-state index contributed by atoms with van der Waals surface area (Å²) in [6.45, 7) is 5.66. The van der Waals surface area contributed by atoms with Crippen LogP contribution in [0, 0.1) is 5.92 Å². The second kappa shape index (κ2) is 5.67. The monoisotopic (exact) mass is 306 g/mol. The van der Waals surface area contributed by atoms with Gasteiger partial charge in [-0.2, -0.15) is 0 Å². The van der Waals surface area contributed by atoms with Crippen molar-refractivity contribution in [3.8, 4) is 5.75 Å². The summed E-state index contributed by atoms with van der Waals surface area (Å²) >= 11 is 0. The molecular weight excluding hydrogens is 288 g/mol. The highest BCUT2D eigenvalue weighted by Crippen LogP contribution is 2.38. The van der Waals surface area contributed by atoms with E-state index >= 15 is 0 Å². The minimum atomic E-state index is -1.28. The van der Waals surface area contributed by atoms with E-state index < -0.39 is 23.4 Å². The first-order valence-electron chi connectivity index (χ1n) is 6.97. The Morgan fingerprint density at radius 2 is 2.05 bits per heavy atom. The highest BCUT2D eigenvalue weighted by Gasteiger charge is 2.51. The number of carbonyl (C=O) groups is 3. The number of benzene rings is 1. The smallest absolute Gasteiger partial charge is 0.335 e. The number of carboxylic acid groups (broad SMARTS) is 1. The molecule has 1 fully saturated rings. The largest absolute Gasteiger partial charge is 0.493 e. The van der Waals surface area contributed by atoms with Crippen LogP contribution in [0.1, 0.15) is 36.7 Å². The Bertz CT molecular complexity index is 641. The van der Waals surface area contributed by atoms with E-state index in [0.717, 1.165) is 0 Å². The molecule has 22 heavy (non-hydrogen) atoms. The first-order chi connectivity index (χ1) is 10.3. The Morgan fingerprint density at radius 3 is 2.50 bits per heavy atom. The second-order valence-corrected chi connectivity index (χ2v) is 5.32. The SMILES string of the molecule is CCOc1cc(C(=O)O)ccc1C1(C(C)C)NC(=O)NC1=O. The summed E-state index contributed by atoms with van der Waals surface area (Å²) in [4.78, 5) is 35.1. The van der Waals surface area contributed by atoms with Crippen LogP contribution in [0.15, 0.2) is 18.2 Å². The third kappa shape index (κ3) is 2.38. The van der Waals surface area contributed by atoms with Gasteiger partial charge < -0.3 is 15.2 Å². The molecule has 1 heterocycles. The van der Waals surface area contributed by atoms with Crippen molar-refractivity contribution in [1.29, 1.82) is 0 Å². The van der Waals surface area contributed by atoms with Crippen molar-refractivity contribution < 1.29 is 24.2 Å². The van der Waals surface area contributed by atoms with Gasteiger partial charge in [0.05, 0.1) is 12.2 Å². The predicted molar refractivity (Wildman–Crippen MR) is 77.8 cm³/mol. The predicted octanol–water partition coefficient (Wildman–Crippen LogP) is 1.47. The molecule has 1 aliphatic rings. The van der Waals surface area contributed by atoms with Crippen LogP contribution in [0.5, 0.6) is 5.75 Å². The topological polar surface area (TPSA) is 105 Å². The van der Waals surface area contributed by atoms with E-state index in [2.05, 4.69) is 10.6 Å². The van der Waals surface area contributed by atoms with Crippen LogP contribution < -0.4 is 15.4 Å². The fraction of sp³-hybridized carbons (Fsp3) is 0.400. The molecule has 118 valence electrons. The molecule has 0 spiro atoms.